The van der Waals surface area contributed by atoms with Gasteiger partial charge in [0.05, 0.1) is 29.0 Å². The van der Waals surface area contributed by atoms with Gasteiger partial charge in [-0.15, -0.1) is 0 Å². The number of nitrogens with zero attached hydrogens (tertiary/aromatic N) is 1. The minimum absolute atomic E-state index is 0.117. The maximum absolute atomic E-state index is 11.2. The first-order valence-electron chi connectivity index (χ1n) is 5.53. The Morgan fingerprint density at radius 3 is 2.79 bits per heavy atom. The Bertz CT molecular complexity index is 599. The van der Waals surface area contributed by atoms with Crippen LogP contribution in [0.15, 0.2) is 36.5 Å². The van der Waals surface area contributed by atoms with E-state index in [-0.39, 0.29) is 11.3 Å². The van der Waals surface area contributed by atoms with E-state index in [4.69, 9.17) is 22.4 Å². The predicted molar refractivity (Wildman–Crippen MR) is 73.2 cm³/mol. The molecule has 2 aromatic rings. The molecule has 1 heterocycles. The highest BCUT2D eigenvalue weighted by Gasteiger charge is 2.07. The lowest BCUT2D eigenvalue weighted by atomic mass is 10.2. The number of rotatable bonds is 4. The Labute approximate surface area is 115 Å². The average molecular weight is 278 g/mol. The zero-order valence-corrected chi connectivity index (χ0v) is 10.7. The van der Waals surface area contributed by atoms with Gasteiger partial charge in [-0.05, 0) is 30.3 Å². The van der Waals surface area contributed by atoms with E-state index in [9.17, 15) is 4.79 Å². The average Bonchev–Trinajstić information content (AvgIpc) is 2.39. The Hall–Kier alpha value is -2.27. The molecule has 19 heavy (non-hydrogen) atoms. The number of primary amides is 1. The first-order valence-corrected chi connectivity index (χ1v) is 5.91. The molecule has 0 saturated carbocycles. The summed E-state index contributed by atoms with van der Waals surface area (Å²) in [4.78, 5) is 15.2. The molecule has 6 heteroatoms. The molecule has 2 rings (SSSR count). The number of nitrogens with one attached hydrogen (secondary N) is 1. The molecule has 0 fully saturated rings. The number of pyridine rings is 1. The van der Waals surface area contributed by atoms with Gasteiger partial charge in [0.1, 0.15) is 5.75 Å². The standard InChI is InChI=1S/C13H12ClN3O2/c14-12-4-2-8(5-11(12)13(15)19)16-6-9-1-3-10(18)7-17-9/h1-5,7,16,18H,6H2,(H2,15,19). The van der Waals surface area contributed by atoms with Crippen LogP contribution in [-0.2, 0) is 6.54 Å². The van der Waals surface area contributed by atoms with Gasteiger partial charge < -0.3 is 16.2 Å². The maximum atomic E-state index is 11.2. The summed E-state index contributed by atoms with van der Waals surface area (Å²) in [5.41, 5.74) is 6.96. The number of aromatic hydroxyl groups is 1. The lowest BCUT2D eigenvalue weighted by molar-refractivity contribution is 0.100. The van der Waals surface area contributed by atoms with Crippen LogP contribution in [0, 0.1) is 0 Å². The molecule has 0 aliphatic heterocycles. The first kappa shape index (κ1) is 13.2. The van der Waals surface area contributed by atoms with Crippen molar-refractivity contribution < 1.29 is 9.90 Å². The fourth-order valence-electron chi connectivity index (χ4n) is 1.54. The number of amides is 1. The van der Waals surface area contributed by atoms with Gasteiger partial charge >= 0.3 is 0 Å². The van der Waals surface area contributed by atoms with E-state index in [1.165, 1.54) is 6.20 Å². The third-order valence-corrected chi connectivity index (χ3v) is 2.84. The van der Waals surface area contributed by atoms with Crippen molar-refractivity contribution in [2.24, 2.45) is 5.73 Å². The van der Waals surface area contributed by atoms with Crippen LogP contribution in [0.4, 0.5) is 5.69 Å². The smallest absolute Gasteiger partial charge is 0.250 e. The minimum atomic E-state index is -0.573. The van der Waals surface area contributed by atoms with Crippen molar-refractivity contribution in [1.29, 1.82) is 0 Å². The van der Waals surface area contributed by atoms with Crippen molar-refractivity contribution in [3.8, 4) is 5.75 Å². The highest BCUT2D eigenvalue weighted by Crippen LogP contribution is 2.20. The summed E-state index contributed by atoms with van der Waals surface area (Å²) in [7, 11) is 0. The number of anilines is 1. The molecule has 0 atom stereocenters. The SMILES string of the molecule is NC(=O)c1cc(NCc2ccc(O)cn2)ccc1Cl. The van der Waals surface area contributed by atoms with Crippen molar-refractivity contribution in [2.45, 2.75) is 6.54 Å². The summed E-state index contributed by atoms with van der Waals surface area (Å²) in [6.45, 7) is 0.458. The Morgan fingerprint density at radius 1 is 1.37 bits per heavy atom. The monoisotopic (exact) mass is 277 g/mol. The molecule has 1 aromatic carbocycles. The summed E-state index contributed by atoms with van der Waals surface area (Å²) in [6.07, 6.45) is 1.37. The van der Waals surface area contributed by atoms with E-state index < -0.39 is 5.91 Å². The van der Waals surface area contributed by atoms with Crippen molar-refractivity contribution >= 4 is 23.2 Å². The number of halogens is 1. The van der Waals surface area contributed by atoms with Crippen LogP contribution in [0.5, 0.6) is 5.75 Å². The largest absolute Gasteiger partial charge is 0.506 e. The molecule has 98 valence electrons. The number of benzene rings is 1. The highest BCUT2D eigenvalue weighted by molar-refractivity contribution is 6.33. The molecule has 4 N–H and O–H groups in total. The Morgan fingerprint density at radius 2 is 2.16 bits per heavy atom. The van der Waals surface area contributed by atoms with E-state index in [1.807, 2.05) is 0 Å². The third-order valence-electron chi connectivity index (χ3n) is 2.51. The number of carbonyl (C=O) groups is 1. The zero-order chi connectivity index (χ0) is 13.8. The second-order valence-corrected chi connectivity index (χ2v) is 4.33. The van der Waals surface area contributed by atoms with Crippen LogP contribution in [0.25, 0.3) is 0 Å². The van der Waals surface area contributed by atoms with Gasteiger partial charge in [0.15, 0.2) is 0 Å². The van der Waals surface area contributed by atoms with Crippen molar-refractivity contribution in [3.63, 3.8) is 0 Å². The lowest BCUT2D eigenvalue weighted by Gasteiger charge is -2.08. The van der Waals surface area contributed by atoms with Gasteiger partial charge in [-0.2, -0.15) is 0 Å². The van der Waals surface area contributed by atoms with E-state index in [0.29, 0.717) is 17.3 Å². The van der Waals surface area contributed by atoms with E-state index in [2.05, 4.69) is 10.3 Å². The van der Waals surface area contributed by atoms with Crippen molar-refractivity contribution in [3.05, 3.63) is 52.8 Å². The zero-order valence-electron chi connectivity index (χ0n) is 9.93. The van der Waals surface area contributed by atoms with Gasteiger partial charge in [0.25, 0.3) is 0 Å². The van der Waals surface area contributed by atoms with Gasteiger partial charge in [-0.1, -0.05) is 11.6 Å². The number of hydrogen-bond acceptors (Lipinski definition) is 4. The van der Waals surface area contributed by atoms with Crippen LogP contribution in [0.3, 0.4) is 0 Å². The normalized spacial score (nSPS) is 10.2. The van der Waals surface area contributed by atoms with E-state index >= 15 is 0 Å². The molecule has 0 radical (unpaired) electrons. The lowest BCUT2D eigenvalue weighted by Crippen LogP contribution is -2.12. The number of hydrogen-bond donors (Lipinski definition) is 3. The van der Waals surface area contributed by atoms with Crippen LogP contribution < -0.4 is 11.1 Å². The summed E-state index contributed by atoms with van der Waals surface area (Å²) < 4.78 is 0. The van der Waals surface area contributed by atoms with Crippen LogP contribution in [0.2, 0.25) is 5.02 Å². The molecule has 0 saturated heterocycles. The molecular formula is C13H12ClN3O2. The summed E-state index contributed by atoms with van der Waals surface area (Å²) in [6, 6.07) is 8.20. The number of carbonyl (C=O) groups excluding carboxylic acids is 1. The molecule has 0 unspecified atom stereocenters. The molecule has 0 spiro atoms. The summed E-state index contributed by atoms with van der Waals surface area (Å²) >= 11 is 5.86. The van der Waals surface area contributed by atoms with Gasteiger partial charge in [-0.3, -0.25) is 9.78 Å². The number of aromatic nitrogens is 1. The molecule has 5 nitrogen and oxygen atoms in total. The van der Waals surface area contributed by atoms with E-state index in [0.717, 1.165) is 5.69 Å². The van der Waals surface area contributed by atoms with Gasteiger partial charge in [0.2, 0.25) is 5.91 Å². The Balaban J connectivity index is 2.09. The molecule has 0 bridgehead atoms. The third kappa shape index (κ3) is 3.35. The fraction of sp³-hybridized carbons (Fsp3) is 0.0769. The van der Waals surface area contributed by atoms with Gasteiger partial charge in [-0.25, -0.2) is 0 Å². The number of nitrogens with two attached hydrogens (primary N) is 1. The highest BCUT2D eigenvalue weighted by atomic mass is 35.5. The van der Waals surface area contributed by atoms with Crippen molar-refractivity contribution in [1.82, 2.24) is 4.98 Å². The van der Waals surface area contributed by atoms with Crippen LogP contribution in [-0.4, -0.2) is 16.0 Å². The van der Waals surface area contributed by atoms with E-state index in [1.54, 1.807) is 30.3 Å². The van der Waals surface area contributed by atoms with Crippen LogP contribution in [0.1, 0.15) is 16.1 Å². The predicted octanol–water partition coefficient (Wildman–Crippen LogP) is 2.15. The van der Waals surface area contributed by atoms with Gasteiger partial charge in [0, 0.05) is 5.69 Å². The molecule has 0 aliphatic rings. The molecule has 1 aromatic heterocycles. The Kier molecular flexibility index (Phi) is 3.87. The topological polar surface area (TPSA) is 88.2 Å². The van der Waals surface area contributed by atoms with Crippen LogP contribution >= 0.6 is 11.6 Å². The summed E-state index contributed by atoms with van der Waals surface area (Å²) in [5, 5.41) is 12.5. The molecule has 1 amide bonds. The quantitative estimate of drug-likeness (QED) is 0.799. The molecular weight excluding hydrogens is 266 g/mol. The summed E-state index contributed by atoms with van der Waals surface area (Å²) in [5.74, 6) is -0.456. The second-order valence-electron chi connectivity index (χ2n) is 3.92. The van der Waals surface area contributed by atoms with Crippen molar-refractivity contribution in [2.75, 3.05) is 5.32 Å². The second kappa shape index (κ2) is 5.58. The minimum Gasteiger partial charge on any atom is -0.506 e. The molecule has 0 aliphatic carbocycles. The first-order chi connectivity index (χ1) is 9.06. The fourth-order valence-corrected chi connectivity index (χ4v) is 1.75. The maximum Gasteiger partial charge on any atom is 0.250 e.